The van der Waals surface area contributed by atoms with Crippen LogP contribution in [0.25, 0.3) is 0 Å². The number of benzene rings is 4. The number of halogens is 4. The van der Waals surface area contributed by atoms with Crippen molar-refractivity contribution in [1.29, 1.82) is 10.8 Å². The van der Waals surface area contributed by atoms with Crippen molar-refractivity contribution in [3.8, 4) is 23.0 Å². The molecule has 0 fully saturated rings. The number of ether oxygens (including phenoxy) is 4. The molecule has 268 valence electrons. The third-order valence-corrected chi connectivity index (χ3v) is 6.84. The van der Waals surface area contributed by atoms with Crippen LogP contribution in [0.1, 0.15) is 22.3 Å². The lowest BCUT2D eigenvalue weighted by molar-refractivity contribution is 0.119. The molecule has 0 bridgehead atoms. The number of nitrogens with two attached hydrogens (primary N) is 2. The fourth-order valence-corrected chi connectivity index (χ4v) is 4.39. The van der Waals surface area contributed by atoms with E-state index in [-0.39, 0.29) is 74.9 Å². The van der Waals surface area contributed by atoms with Crippen LogP contribution in [0.2, 0.25) is 0 Å². The molecule has 2 heterocycles. The van der Waals surface area contributed by atoms with Crippen LogP contribution >= 0.6 is 49.6 Å². The van der Waals surface area contributed by atoms with Gasteiger partial charge in [-0.1, -0.05) is 0 Å². The fraction of sp³-hybridized carbons (Fsp3) is 0.176. The molecule has 0 radical (unpaired) electrons. The molecule has 2 aliphatic rings. The van der Waals surface area contributed by atoms with Gasteiger partial charge in [0.05, 0.1) is 13.1 Å². The van der Waals surface area contributed by atoms with Crippen LogP contribution in [0.4, 0.5) is 0 Å². The Morgan fingerprint density at radius 1 is 0.500 bits per heavy atom. The van der Waals surface area contributed by atoms with Crippen molar-refractivity contribution >= 4 is 73.0 Å². The van der Waals surface area contributed by atoms with Crippen molar-refractivity contribution in [1.82, 2.24) is 10.6 Å². The molecular weight excluding hydrogens is 726 g/mol. The average molecular weight is 767 g/mol. The molecule has 0 aromatic heterocycles. The largest absolute Gasteiger partial charge is 0.458 e. The van der Waals surface area contributed by atoms with E-state index in [1.165, 1.54) is 0 Å². The molecule has 2 aliphatic heterocycles. The lowest BCUT2D eigenvalue weighted by Crippen LogP contribution is -2.19. The molecule has 0 saturated carbocycles. The van der Waals surface area contributed by atoms with Gasteiger partial charge in [-0.05, 0) is 97.1 Å². The van der Waals surface area contributed by atoms with Gasteiger partial charge in [-0.2, -0.15) is 0 Å². The van der Waals surface area contributed by atoms with Gasteiger partial charge in [0.15, 0.2) is 0 Å². The van der Waals surface area contributed by atoms with Crippen LogP contribution in [0.5, 0.6) is 23.0 Å². The summed E-state index contributed by atoms with van der Waals surface area (Å²) < 4.78 is 22.1. The maximum atomic E-state index is 7.29. The summed E-state index contributed by atoms with van der Waals surface area (Å²) in [6.07, 6.45) is 0. The minimum absolute atomic E-state index is 0. The molecule has 0 amide bonds. The van der Waals surface area contributed by atoms with Crippen LogP contribution in [0, 0.1) is 10.8 Å². The number of nitrogen functional groups attached to an aromatic ring is 2. The molecule has 4 aromatic carbocycles. The van der Waals surface area contributed by atoms with E-state index in [4.69, 9.17) is 41.2 Å². The van der Waals surface area contributed by atoms with E-state index in [1.807, 2.05) is 48.5 Å². The lowest BCUT2D eigenvalue weighted by atomic mass is 10.2. The fourth-order valence-electron chi connectivity index (χ4n) is 4.39. The SMILES string of the molecule is Cl.Cl.Cl.Cl.N=C(N)c1ccc(OCOc2ccc(C(=N)N)cc2)cc1.c1cc(C2=NCCN2)ccc1OCOc1ccc(C2=NCCN2)cc1. The summed E-state index contributed by atoms with van der Waals surface area (Å²) in [4.78, 5) is 8.80. The summed E-state index contributed by atoms with van der Waals surface area (Å²) in [7, 11) is 0. The first-order chi connectivity index (χ1) is 22.4. The molecule has 12 nitrogen and oxygen atoms in total. The highest BCUT2D eigenvalue weighted by Gasteiger charge is 2.09. The minimum Gasteiger partial charge on any atom is -0.458 e. The second-order valence-electron chi connectivity index (χ2n) is 10.1. The van der Waals surface area contributed by atoms with Crippen LogP contribution in [0.15, 0.2) is 107 Å². The maximum absolute atomic E-state index is 7.29. The van der Waals surface area contributed by atoms with Gasteiger partial charge < -0.3 is 41.0 Å². The molecule has 16 heteroatoms. The minimum atomic E-state index is 0. The topological polar surface area (TPSA) is 185 Å². The van der Waals surface area contributed by atoms with Crippen molar-refractivity contribution in [2.24, 2.45) is 21.5 Å². The van der Waals surface area contributed by atoms with E-state index in [9.17, 15) is 0 Å². The van der Waals surface area contributed by atoms with Gasteiger partial charge >= 0.3 is 0 Å². The van der Waals surface area contributed by atoms with Crippen LogP contribution in [-0.4, -0.2) is 63.1 Å². The van der Waals surface area contributed by atoms with Gasteiger partial charge in [0.2, 0.25) is 13.6 Å². The molecule has 0 aliphatic carbocycles. The summed E-state index contributed by atoms with van der Waals surface area (Å²) in [6, 6.07) is 29.4. The first-order valence-corrected chi connectivity index (χ1v) is 14.6. The summed E-state index contributed by atoms with van der Waals surface area (Å²) in [6.45, 7) is 3.70. The van der Waals surface area contributed by atoms with Crippen molar-refractivity contribution in [2.45, 2.75) is 0 Å². The van der Waals surface area contributed by atoms with Crippen molar-refractivity contribution in [2.75, 3.05) is 39.8 Å². The highest BCUT2D eigenvalue weighted by atomic mass is 35.5. The number of aliphatic imine (C=N–C) groups is 2. The van der Waals surface area contributed by atoms with Crippen molar-refractivity contribution in [3.05, 3.63) is 119 Å². The average Bonchev–Trinajstić information content (AvgIpc) is 3.82. The third-order valence-electron chi connectivity index (χ3n) is 6.84. The zero-order valence-corrected chi connectivity index (χ0v) is 30.1. The Hall–Kier alpha value is -4.88. The number of hydrogen-bond acceptors (Lipinski definition) is 10. The predicted octanol–water partition coefficient (Wildman–Crippen LogP) is 5.16. The van der Waals surface area contributed by atoms with Crippen LogP contribution < -0.4 is 41.0 Å². The van der Waals surface area contributed by atoms with Gasteiger partial charge in [-0.25, -0.2) is 0 Å². The normalized spacial score (nSPS) is 12.1. The Morgan fingerprint density at radius 2 is 0.780 bits per heavy atom. The van der Waals surface area contributed by atoms with Crippen molar-refractivity contribution in [3.63, 3.8) is 0 Å². The second kappa shape index (κ2) is 22.0. The summed E-state index contributed by atoms with van der Waals surface area (Å²) >= 11 is 0. The molecule has 0 atom stereocenters. The second-order valence-corrected chi connectivity index (χ2v) is 10.1. The Bertz CT molecular complexity index is 1570. The molecule has 50 heavy (non-hydrogen) atoms. The number of hydrogen-bond donors (Lipinski definition) is 6. The monoisotopic (exact) mass is 764 g/mol. The number of rotatable bonds is 12. The molecule has 4 aromatic rings. The molecule has 0 spiro atoms. The van der Waals surface area contributed by atoms with E-state index < -0.39 is 0 Å². The lowest BCUT2D eigenvalue weighted by Gasteiger charge is -2.10. The predicted molar refractivity (Wildman–Crippen MR) is 208 cm³/mol. The summed E-state index contributed by atoms with van der Waals surface area (Å²) in [5, 5.41) is 21.1. The third kappa shape index (κ3) is 12.9. The number of nitrogens with one attached hydrogen (secondary N) is 4. The van der Waals surface area contributed by atoms with Crippen molar-refractivity contribution < 1.29 is 18.9 Å². The van der Waals surface area contributed by atoms with Crippen LogP contribution in [0.3, 0.4) is 0 Å². The van der Waals surface area contributed by atoms with E-state index in [2.05, 4.69) is 20.6 Å². The first kappa shape index (κ1) is 43.1. The van der Waals surface area contributed by atoms with Crippen LogP contribution in [-0.2, 0) is 0 Å². The molecule has 8 N–H and O–H groups in total. The Morgan fingerprint density at radius 3 is 1.02 bits per heavy atom. The number of amidine groups is 4. The quantitative estimate of drug-likeness (QED) is 0.0649. The Balaban J connectivity index is 0.000000470. The highest BCUT2D eigenvalue weighted by Crippen LogP contribution is 2.17. The van der Waals surface area contributed by atoms with Gasteiger partial charge in [0.25, 0.3) is 0 Å². The molecule has 0 saturated heterocycles. The number of nitrogens with zero attached hydrogens (tertiary/aromatic N) is 2. The zero-order chi connectivity index (χ0) is 32.1. The summed E-state index contributed by atoms with van der Waals surface area (Å²) in [5.41, 5.74) is 14.2. The standard InChI is InChI=1S/C19H20N4O2.C15H16N4O2.4ClH/c1-5-16(6-2-14(1)18-20-9-10-21-18)24-13-25-17-7-3-15(4-8-17)19-22-11-12-23-19;16-14(17)10-1-5-12(6-2-10)20-9-21-13-7-3-11(4-8-13)15(18)19;;;;/h1-8H,9-13H2,(H,20,21)(H,22,23);1-8H,9H2,(H3,16,17)(H3,18,19);4*1H. The first-order valence-electron chi connectivity index (χ1n) is 14.6. The van der Waals surface area contributed by atoms with Gasteiger partial charge in [0, 0.05) is 35.3 Å². The maximum Gasteiger partial charge on any atom is 0.230 e. The van der Waals surface area contributed by atoms with E-state index >= 15 is 0 Å². The zero-order valence-electron chi connectivity index (χ0n) is 26.8. The Kier molecular flexibility index (Phi) is 18.9. The molecule has 6 rings (SSSR count). The van der Waals surface area contributed by atoms with E-state index in [0.29, 0.717) is 22.6 Å². The van der Waals surface area contributed by atoms with Gasteiger partial charge in [-0.3, -0.25) is 20.8 Å². The highest BCUT2D eigenvalue weighted by molar-refractivity contribution is 6.00. The van der Waals surface area contributed by atoms with E-state index in [0.717, 1.165) is 60.5 Å². The summed E-state index contributed by atoms with van der Waals surface area (Å²) in [5.74, 6) is 4.72. The molecular formula is C34H40Cl4N8O4. The van der Waals surface area contributed by atoms with Gasteiger partial charge in [-0.15, -0.1) is 49.6 Å². The molecule has 0 unspecified atom stereocenters. The van der Waals surface area contributed by atoms with E-state index in [1.54, 1.807) is 48.5 Å². The smallest absolute Gasteiger partial charge is 0.230 e. The van der Waals surface area contributed by atoms with Gasteiger partial charge in [0.1, 0.15) is 46.3 Å². The Labute approximate surface area is 315 Å².